The van der Waals surface area contributed by atoms with Crippen molar-refractivity contribution in [2.75, 3.05) is 19.7 Å². The molecule has 4 nitrogen and oxygen atoms in total. The van der Waals surface area contributed by atoms with Crippen molar-refractivity contribution in [3.8, 4) is 0 Å². The van der Waals surface area contributed by atoms with Crippen LogP contribution in [0.3, 0.4) is 0 Å². The van der Waals surface area contributed by atoms with E-state index in [4.69, 9.17) is 5.11 Å². The Morgan fingerprint density at radius 3 is 2.84 bits per heavy atom. The summed E-state index contributed by atoms with van der Waals surface area (Å²) in [6, 6.07) is 5.99. The van der Waals surface area contributed by atoms with Gasteiger partial charge in [-0.2, -0.15) is 0 Å². The van der Waals surface area contributed by atoms with Crippen molar-refractivity contribution in [2.45, 2.75) is 39.2 Å². The highest BCUT2D eigenvalue weighted by molar-refractivity contribution is 5.82. The molecule has 1 rings (SSSR count). The average Bonchev–Trinajstić information content (AvgIpc) is 2.37. The van der Waals surface area contributed by atoms with E-state index >= 15 is 0 Å². The molecule has 4 heteroatoms. The lowest BCUT2D eigenvalue weighted by molar-refractivity contribution is 0.306. The Morgan fingerprint density at radius 2 is 2.21 bits per heavy atom. The Balaban J connectivity index is 2.34. The number of pyridine rings is 1. The molecule has 0 aliphatic carbocycles. The summed E-state index contributed by atoms with van der Waals surface area (Å²) in [5, 5.41) is 12.3. The topological polar surface area (TPSA) is 57.5 Å². The van der Waals surface area contributed by atoms with Crippen molar-refractivity contribution in [1.29, 1.82) is 0 Å². The van der Waals surface area contributed by atoms with Crippen LogP contribution < -0.4 is 5.32 Å². The van der Waals surface area contributed by atoms with Crippen molar-refractivity contribution < 1.29 is 5.11 Å². The van der Waals surface area contributed by atoms with Crippen LogP contribution in [0.25, 0.3) is 0 Å². The number of hydrogen-bond acceptors (Lipinski definition) is 4. The molecule has 2 N–H and O–H groups in total. The van der Waals surface area contributed by atoms with Gasteiger partial charge in [0.1, 0.15) is 0 Å². The van der Waals surface area contributed by atoms with Gasteiger partial charge in [0.15, 0.2) is 0 Å². The Morgan fingerprint density at radius 1 is 1.42 bits per heavy atom. The summed E-state index contributed by atoms with van der Waals surface area (Å²) in [5.41, 5.74) is 2.19. The van der Waals surface area contributed by atoms with Crippen LogP contribution in [0.1, 0.15) is 32.9 Å². The molecule has 0 spiro atoms. The van der Waals surface area contributed by atoms with Gasteiger partial charge in [0.05, 0.1) is 13.2 Å². The fraction of sp³-hybridized carbons (Fsp3) is 0.600. The SMILES string of the molecule is CC(CC(C)(C)NCCc1ccccn1)=NCCO. The molecule has 0 saturated carbocycles. The molecule has 0 fully saturated rings. The number of aliphatic hydroxyl groups excluding tert-OH is 1. The molecule has 19 heavy (non-hydrogen) atoms. The Kier molecular flexibility index (Phi) is 6.67. The van der Waals surface area contributed by atoms with Crippen LogP contribution in [0.4, 0.5) is 0 Å². The maximum absolute atomic E-state index is 8.75. The van der Waals surface area contributed by atoms with Crippen LogP contribution >= 0.6 is 0 Å². The minimum absolute atomic E-state index is 0.0117. The van der Waals surface area contributed by atoms with Crippen LogP contribution in [0.15, 0.2) is 29.4 Å². The lowest BCUT2D eigenvalue weighted by Crippen LogP contribution is -2.42. The number of nitrogens with zero attached hydrogens (tertiary/aromatic N) is 2. The summed E-state index contributed by atoms with van der Waals surface area (Å²) >= 11 is 0. The molecule has 0 saturated heterocycles. The van der Waals surface area contributed by atoms with Gasteiger partial charge in [0.2, 0.25) is 0 Å². The number of aliphatic imine (C=N–C) groups is 1. The molecule has 0 aromatic carbocycles. The van der Waals surface area contributed by atoms with E-state index in [2.05, 4.69) is 29.1 Å². The van der Waals surface area contributed by atoms with Gasteiger partial charge >= 0.3 is 0 Å². The van der Waals surface area contributed by atoms with Crippen LogP contribution in [0.2, 0.25) is 0 Å². The number of aromatic nitrogens is 1. The first-order valence-corrected chi connectivity index (χ1v) is 6.79. The molecule has 0 radical (unpaired) electrons. The van der Waals surface area contributed by atoms with Gasteiger partial charge in [-0.25, -0.2) is 0 Å². The third kappa shape index (κ3) is 7.03. The first kappa shape index (κ1) is 15.8. The molecule has 0 aliphatic heterocycles. The molecule has 0 amide bonds. The zero-order valence-corrected chi connectivity index (χ0v) is 12.2. The molecule has 0 unspecified atom stereocenters. The summed E-state index contributed by atoms with van der Waals surface area (Å²) in [6.45, 7) is 7.86. The van der Waals surface area contributed by atoms with Gasteiger partial charge in [-0.05, 0) is 32.9 Å². The smallest absolute Gasteiger partial charge is 0.0626 e. The Labute approximate surface area is 116 Å². The third-order valence-corrected chi connectivity index (χ3v) is 2.89. The molecule has 0 aliphatic rings. The quantitative estimate of drug-likeness (QED) is 0.704. The predicted octanol–water partition coefficient (Wildman–Crippen LogP) is 1.84. The van der Waals surface area contributed by atoms with E-state index in [1.807, 2.05) is 31.3 Å². The number of hydrogen-bond donors (Lipinski definition) is 2. The van der Waals surface area contributed by atoms with E-state index in [1.54, 1.807) is 0 Å². The van der Waals surface area contributed by atoms with Crippen molar-refractivity contribution >= 4 is 5.71 Å². The second kappa shape index (κ2) is 8.02. The summed E-state index contributed by atoms with van der Waals surface area (Å²) in [4.78, 5) is 8.62. The molecule has 1 aromatic heterocycles. The number of rotatable bonds is 8. The first-order chi connectivity index (χ1) is 9.03. The minimum atomic E-state index is 0.0117. The number of aliphatic hydroxyl groups is 1. The normalized spacial score (nSPS) is 12.7. The zero-order chi connectivity index (χ0) is 14.1. The third-order valence-electron chi connectivity index (χ3n) is 2.89. The molecular weight excluding hydrogens is 238 g/mol. The highest BCUT2D eigenvalue weighted by Crippen LogP contribution is 2.09. The van der Waals surface area contributed by atoms with Gasteiger partial charge in [-0.3, -0.25) is 9.98 Å². The average molecular weight is 263 g/mol. The van der Waals surface area contributed by atoms with Gasteiger partial charge in [-0.1, -0.05) is 6.07 Å². The summed E-state index contributed by atoms with van der Waals surface area (Å²) < 4.78 is 0. The van der Waals surface area contributed by atoms with Crippen LogP contribution in [-0.4, -0.2) is 41.0 Å². The van der Waals surface area contributed by atoms with Crippen LogP contribution in [0.5, 0.6) is 0 Å². The highest BCUT2D eigenvalue weighted by atomic mass is 16.3. The fourth-order valence-electron chi connectivity index (χ4n) is 2.07. The predicted molar refractivity (Wildman–Crippen MR) is 79.7 cm³/mol. The van der Waals surface area contributed by atoms with Crippen LogP contribution in [-0.2, 0) is 6.42 Å². The second-order valence-electron chi connectivity index (χ2n) is 5.40. The Hall–Kier alpha value is -1.26. The zero-order valence-electron chi connectivity index (χ0n) is 12.2. The lowest BCUT2D eigenvalue weighted by Gasteiger charge is -2.26. The second-order valence-corrected chi connectivity index (χ2v) is 5.40. The molecule has 1 heterocycles. The maximum Gasteiger partial charge on any atom is 0.0626 e. The standard InChI is InChI=1S/C15H25N3O/c1-13(16-10-11-19)12-15(2,3)18-9-7-14-6-4-5-8-17-14/h4-6,8,18-19H,7,9-12H2,1-3H3. The Bertz CT molecular complexity index is 388. The molecule has 1 aromatic rings. The minimum Gasteiger partial charge on any atom is -0.394 e. The summed E-state index contributed by atoms with van der Waals surface area (Å²) in [5.74, 6) is 0. The van der Waals surface area contributed by atoms with E-state index in [0.717, 1.165) is 30.8 Å². The van der Waals surface area contributed by atoms with E-state index < -0.39 is 0 Å². The highest BCUT2D eigenvalue weighted by Gasteiger charge is 2.17. The van der Waals surface area contributed by atoms with Crippen LogP contribution in [0, 0.1) is 0 Å². The fourth-order valence-corrected chi connectivity index (χ4v) is 2.07. The van der Waals surface area contributed by atoms with Gasteiger partial charge in [-0.15, -0.1) is 0 Å². The summed E-state index contributed by atoms with van der Waals surface area (Å²) in [6.07, 6.45) is 3.64. The van der Waals surface area contributed by atoms with Gasteiger partial charge in [0, 0.05) is 42.5 Å². The molecule has 0 bridgehead atoms. The van der Waals surface area contributed by atoms with E-state index in [-0.39, 0.29) is 12.1 Å². The lowest BCUT2D eigenvalue weighted by atomic mass is 9.97. The largest absolute Gasteiger partial charge is 0.394 e. The van der Waals surface area contributed by atoms with Crippen molar-refractivity contribution in [3.05, 3.63) is 30.1 Å². The van der Waals surface area contributed by atoms with Gasteiger partial charge < -0.3 is 10.4 Å². The van der Waals surface area contributed by atoms with Crippen molar-refractivity contribution in [3.63, 3.8) is 0 Å². The van der Waals surface area contributed by atoms with E-state index in [9.17, 15) is 0 Å². The molecule has 106 valence electrons. The first-order valence-electron chi connectivity index (χ1n) is 6.79. The van der Waals surface area contributed by atoms with E-state index in [0.29, 0.717) is 6.54 Å². The maximum atomic E-state index is 8.75. The number of nitrogens with one attached hydrogen (secondary N) is 1. The summed E-state index contributed by atoms with van der Waals surface area (Å²) in [7, 11) is 0. The van der Waals surface area contributed by atoms with Crippen molar-refractivity contribution in [1.82, 2.24) is 10.3 Å². The van der Waals surface area contributed by atoms with Gasteiger partial charge in [0.25, 0.3) is 0 Å². The molecular formula is C15H25N3O. The molecule has 0 atom stereocenters. The van der Waals surface area contributed by atoms with E-state index in [1.165, 1.54) is 0 Å². The monoisotopic (exact) mass is 263 g/mol. The van der Waals surface area contributed by atoms with Crippen molar-refractivity contribution in [2.24, 2.45) is 4.99 Å².